The molecule has 1 amide bonds. The first kappa shape index (κ1) is 22.1. The van der Waals surface area contributed by atoms with E-state index < -0.39 is 0 Å². The quantitative estimate of drug-likeness (QED) is 0.362. The molecule has 1 saturated heterocycles. The Morgan fingerprint density at radius 2 is 1.80 bits per heavy atom. The van der Waals surface area contributed by atoms with Crippen molar-refractivity contribution >= 4 is 23.2 Å². The van der Waals surface area contributed by atoms with Gasteiger partial charge in [0.15, 0.2) is 0 Å². The molecule has 2 atom stereocenters. The van der Waals surface area contributed by atoms with E-state index >= 15 is 0 Å². The summed E-state index contributed by atoms with van der Waals surface area (Å²) < 4.78 is 1.80. The van der Waals surface area contributed by atoms with E-state index in [2.05, 4.69) is 37.1 Å². The predicted molar refractivity (Wildman–Crippen MR) is 141 cm³/mol. The van der Waals surface area contributed by atoms with Gasteiger partial charge in [0, 0.05) is 41.0 Å². The number of amides is 1. The zero-order valence-corrected chi connectivity index (χ0v) is 20.6. The fraction of sp³-hybridized carbons (Fsp3) is 0.241. The topological polar surface area (TPSA) is 41.4 Å². The van der Waals surface area contributed by atoms with Crippen molar-refractivity contribution in [1.29, 1.82) is 0 Å². The second-order valence-electron chi connectivity index (χ2n) is 9.64. The van der Waals surface area contributed by atoms with Gasteiger partial charge in [-0.05, 0) is 62.8 Å². The van der Waals surface area contributed by atoms with E-state index in [1.54, 1.807) is 4.68 Å². The lowest BCUT2D eigenvalue weighted by Crippen LogP contribution is -2.47. The zero-order valence-electron chi connectivity index (χ0n) is 19.9. The van der Waals surface area contributed by atoms with Gasteiger partial charge in [-0.3, -0.25) is 4.79 Å². The van der Waals surface area contributed by atoms with E-state index in [0.29, 0.717) is 22.2 Å². The van der Waals surface area contributed by atoms with Gasteiger partial charge in [0.1, 0.15) is 5.69 Å². The summed E-state index contributed by atoms with van der Waals surface area (Å²) in [6.07, 6.45) is 2.82. The van der Waals surface area contributed by atoms with Crippen molar-refractivity contribution in [2.45, 2.75) is 25.3 Å². The number of carbonyl (C=O) groups is 1. The summed E-state index contributed by atoms with van der Waals surface area (Å²) in [5.74, 6) is 0.315. The standard InChI is InChI=1S/C29H27ClN4O/c1-19-8-13-26-23(16-19)24-17-32(2)15-14-27(24)34(26)29(35)25-18-33(22-6-4-3-5-7-22)31-28(25)20-9-11-21(30)12-10-20/h3-13,16,18,24,27H,14-15,17H2,1-2H3/t24-,27-/m0/s1. The van der Waals surface area contributed by atoms with E-state index in [0.717, 1.165) is 36.4 Å². The maximum Gasteiger partial charge on any atom is 0.262 e. The number of halogens is 1. The molecule has 0 bridgehead atoms. The molecule has 6 heteroatoms. The van der Waals surface area contributed by atoms with Crippen LogP contribution in [-0.4, -0.2) is 46.8 Å². The Hall–Kier alpha value is -3.41. The summed E-state index contributed by atoms with van der Waals surface area (Å²) in [4.78, 5) is 18.8. The van der Waals surface area contributed by atoms with Crippen LogP contribution >= 0.6 is 11.6 Å². The van der Waals surface area contributed by atoms with Gasteiger partial charge < -0.3 is 9.80 Å². The van der Waals surface area contributed by atoms with E-state index in [9.17, 15) is 4.79 Å². The van der Waals surface area contributed by atoms with Gasteiger partial charge in [-0.1, -0.05) is 59.6 Å². The average molecular weight is 483 g/mol. The lowest BCUT2D eigenvalue weighted by molar-refractivity contribution is 0.0965. The minimum atomic E-state index is -0.000660. The molecule has 1 aromatic heterocycles. The molecule has 2 aliphatic rings. The van der Waals surface area contributed by atoms with Crippen molar-refractivity contribution in [3.05, 3.63) is 101 Å². The summed E-state index contributed by atoms with van der Waals surface area (Å²) in [6.45, 7) is 4.05. The molecule has 0 saturated carbocycles. The number of rotatable bonds is 3. The Balaban J connectivity index is 1.48. The maximum atomic E-state index is 14.4. The molecular weight excluding hydrogens is 456 g/mol. The van der Waals surface area contributed by atoms with E-state index in [1.807, 2.05) is 65.7 Å². The lowest BCUT2D eigenvalue weighted by Gasteiger charge is -2.36. The van der Waals surface area contributed by atoms with Crippen LogP contribution < -0.4 is 4.90 Å². The van der Waals surface area contributed by atoms with Gasteiger partial charge in [-0.25, -0.2) is 4.68 Å². The summed E-state index contributed by atoms with van der Waals surface area (Å²) in [5.41, 5.74) is 6.58. The highest BCUT2D eigenvalue weighted by Crippen LogP contribution is 2.46. The summed E-state index contributed by atoms with van der Waals surface area (Å²) in [6, 6.07) is 24.1. The summed E-state index contributed by atoms with van der Waals surface area (Å²) >= 11 is 6.16. The van der Waals surface area contributed by atoms with Gasteiger partial charge in [0.25, 0.3) is 5.91 Å². The number of carbonyl (C=O) groups excluding carboxylic acids is 1. The number of likely N-dealkylation sites (N-methyl/N-ethyl adjacent to an activating group) is 1. The smallest absolute Gasteiger partial charge is 0.262 e. The number of fused-ring (bicyclic) bond motifs is 3. The number of benzene rings is 3. The van der Waals surface area contributed by atoms with Gasteiger partial charge in [-0.2, -0.15) is 5.10 Å². The van der Waals surface area contributed by atoms with Crippen LogP contribution in [0.15, 0.2) is 79.0 Å². The normalized spacial score (nSPS) is 19.5. The van der Waals surface area contributed by atoms with Crippen LogP contribution in [0.2, 0.25) is 5.02 Å². The van der Waals surface area contributed by atoms with Crippen molar-refractivity contribution in [3.8, 4) is 16.9 Å². The molecule has 0 N–H and O–H groups in total. The van der Waals surface area contributed by atoms with Crippen LogP contribution in [0.4, 0.5) is 5.69 Å². The van der Waals surface area contributed by atoms with Crippen LogP contribution in [-0.2, 0) is 0 Å². The number of aryl methyl sites for hydroxylation is 1. The number of aromatic nitrogens is 2. The number of nitrogens with zero attached hydrogens (tertiary/aromatic N) is 4. The van der Waals surface area contributed by atoms with Crippen LogP contribution in [0.5, 0.6) is 0 Å². The molecule has 3 heterocycles. The Labute approximate surface area is 210 Å². The zero-order chi connectivity index (χ0) is 24.1. The highest BCUT2D eigenvalue weighted by atomic mass is 35.5. The summed E-state index contributed by atoms with van der Waals surface area (Å²) in [7, 11) is 2.17. The Morgan fingerprint density at radius 3 is 2.57 bits per heavy atom. The highest BCUT2D eigenvalue weighted by Gasteiger charge is 2.44. The highest BCUT2D eigenvalue weighted by molar-refractivity contribution is 6.30. The summed E-state index contributed by atoms with van der Waals surface area (Å²) in [5, 5.41) is 5.53. The van der Waals surface area contributed by atoms with Gasteiger partial charge in [-0.15, -0.1) is 0 Å². The number of para-hydroxylation sites is 1. The molecule has 0 spiro atoms. The third kappa shape index (κ3) is 3.85. The molecular formula is C29H27ClN4O. The van der Waals surface area contributed by atoms with Crippen LogP contribution in [0.1, 0.15) is 33.8 Å². The Kier molecular flexibility index (Phi) is 5.47. The first-order valence-electron chi connectivity index (χ1n) is 12.0. The first-order valence-corrected chi connectivity index (χ1v) is 12.4. The molecule has 5 nitrogen and oxygen atoms in total. The van der Waals surface area contributed by atoms with E-state index in [1.165, 1.54) is 11.1 Å². The van der Waals surface area contributed by atoms with Crippen molar-refractivity contribution in [3.63, 3.8) is 0 Å². The molecule has 0 aliphatic carbocycles. The van der Waals surface area contributed by atoms with Gasteiger partial charge in [0.2, 0.25) is 0 Å². The van der Waals surface area contributed by atoms with Crippen LogP contribution in [0, 0.1) is 6.92 Å². The molecule has 4 aromatic rings. The van der Waals surface area contributed by atoms with Crippen LogP contribution in [0.25, 0.3) is 16.9 Å². The van der Waals surface area contributed by atoms with Crippen molar-refractivity contribution in [2.24, 2.45) is 0 Å². The second kappa shape index (κ2) is 8.67. The second-order valence-corrected chi connectivity index (χ2v) is 10.1. The van der Waals surface area contributed by atoms with Crippen molar-refractivity contribution in [2.75, 3.05) is 25.0 Å². The molecule has 2 aliphatic heterocycles. The monoisotopic (exact) mass is 482 g/mol. The average Bonchev–Trinajstić information content (AvgIpc) is 3.44. The fourth-order valence-corrected chi connectivity index (χ4v) is 5.67. The Bertz CT molecular complexity index is 1400. The van der Waals surface area contributed by atoms with E-state index in [-0.39, 0.29) is 11.9 Å². The molecule has 176 valence electrons. The van der Waals surface area contributed by atoms with Crippen molar-refractivity contribution in [1.82, 2.24) is 14.7 Å². The molecule has 35 heavy (non-hydrogen) atoms. The van der Waals surface area contributed by atoms with Gasteiger partial charge >= 0.3 is 0 Å². The first-order chi connectivity index (χ1) is 17.0. The van der Waals surface area contributed by atoms with Crippen molar-refractivity contribution < 1.29 is 4.79 Å². The lowest BCUT2D eigenvalue weighted by atomic mass is 9.88. The van der Waals surface area contributed by atoms with Crippen LogP contribution in [0.3, 0.4) is 0 Å². The number of hydrogen-bond acceptors (Lipinski definition) is 3. The maximum absolute atomic E-state index is 14.4. The molecule has 0 unspecified atom stereocenters. The molecule has 6 rings (SSSR count). The number of anilines is 1. The number of hydrogen-bond donors (Lipinski definition) is 0. The Morgan fingerprint density at radius 1 is 1.03 bits per heavy atom. The molecule has 3 aromatic carbocycles. The minimum Gasteiger partial charge on any atom is -0.306 e. The van der Waals surface area contributed by atoms with Gasteiger partial charge in [0.05, 0.1) is 11.3 Å². The fourth-order valence-electron chi connectivity index (χ4n) is 5.54. The molecule has 0 radical (unpaired) electrons. The largest absolute Gasteiger partial charge is 0.306 e. The minimum absolute atomic E-state index is 0.000660. The number of likely N-dealkylation sites (tertiary alicyclic amines) is 1. The molecule has 1 fully saturated rings. The van der Waals surface area contributed by atoms with E-state index in [4.69, 9.17) is 16.7 Å². The third-order valence-corrected chi connectivity index (χ3v) is 7.51. The number of piperidine rings is 1. The SMILES string of the molecule is Cc1ccc2c(c1)[C@@H]1CN(C)CC[C@@H]1N2C(=O)c1cn(-c2ccccc2)nc1-c1ccc(Cl)cc1. The third-order valence-electron chi connectivity index (χ3n) is 7.25. The predicted octanol–water partition coefficient (Wildman–Crippen LogP) is 5.95.